The number of urea groups is 1. The molecule has 5 rings (SSSR count). The summed E-state index contributed by atoms with van der Waals surface area (Å²) in [6, 6.07) is 27.4. The minimum Gasteiger partial charge on any atom is -0.465 e. The number of pyridine rings is 1. The maximum atomic E-state index is 14.6. The first kappa shape index (κ1) is 45.3. The average molecular weight is 819 g/mol. The molecule has 5 atom stereocenters. The van der Waals surface area contributed by atoms with Gasteiger partial charge in [0, 0.05) is 44.5 Å². The Balaban J connectivity index is 1.43. The van der Waals surface area contributed by atoms with Crippen LogP contribution in [0.15, 0.2) is 103 Å². The number of aliphatic hydroxyl groups is 1. The molecule has 1 aliphatic rings. The fourth-order valence-corrected chi connectivity index (χ4v) is 8.22. The Kier molecular flexibility index (Phi) is 14.8. The Morgan fingerprint density at radius 1 is 0.783 bits per heavy atom. The molecule has 3 aromatic carbocycles. The Morgan fingerprint density at radius 2 is 1.42 bits per heavy atom. The van der Waals surface area contributed by atoms with Crippen molar-refractivity contribution in [2.24, 2.45) is 10.8 Å². The summed E-state index contributed by atoms with van der Waals surface area (Å²) in [5.41, 5.74) is 4.23. The van der Waals surface area contributed by atoms with Crippen LogP contribution in [0.3, 0.4) is 0 Å². The molecule has 320 valence electrons. The summed E-state index contributed by atoms with van der Waals surface area (Å²) in [5, 5.41) is 28.4. The molecule has 0 aliphatic carbocycles. The van der Waals surface area contributed by atoms with Gasteiger partial charge in [0.05, 0.1) is 17.8 Å². The molecule has 0 spiro atoms. The SMILES string of the molecule is Cc1ccccc1CN1CCN([C@H](C(=O)N[C@@H](Cc2ccccc2)[C@@H](O)C[C@H](Cc2ccc(-c3ccccn3)cc2)NC(=O)[C@@H](N(C)C(=O)O)C(C)(C)C)C(C)(C)C)C1=O. The number of carbonyl (C=O) groups is 4. The zero-order valence-electron chi connectivity index (χ0n) is 36.3. The predicted molar refractivity (Wildman–Crippen MR) is 234 cm³/mol. The maximum Gasteiger partial charge on any atom is 0.407 e. The van der Waals surface area contributed by atoms with Crippen LogP contribution in [0.5, 0.6) is 0 Å². The first-order valence-corrected chi connectivity index (χ1v) is 20.7. The lowest BCUT2D eigenvalue weighted by Crippen LogP contribution is -2.59. The number of carbonyl (C=O) groups excluding carboxylic acids is 3. The number of aliphatic hydroxyl groups excluding tert-OH is 1. The van der Waals surface area contributed by atoms with E-state index in [1.807, 2.05) is 125 Å². The van der Waals surface area contributed by atoms with Gasteiger partial charge in [-0.05, 0) is 71.4 Å². The van der Waals surface area contributed by atoms with Gasteiger partial charge in [0.1, 0.15) is 12.1 Å². The van der Waals surface area contributed by atoms with Gasteiger partial charge in [0.25, 0.3) is 0 Å². The topological polar surface area (TPSA) is 155 Å². The van der Waals surface area contributed by atoms with Crippen molar-refractivity contribution in [1.29, 1.82) is 0 Å². The quantitative estimate of drug-likeness (QED) is 0.0955. The number of rotatable bonds is 16. The summed E-state index contributed by atoms with van der Waals surface area (Å²) in [6.45, 7) is 14.5. The average Bonchev–Trinajstić information content (AvgIpc) is 3.53. The summed E-state index contributed by atoms with van der Waals surface area (Å²) < 4.78 is 0. The molecule has 0 saturated carbocycles. The zero-order chi connectivity index (χ0) is 43.8. The van der Waals surface area contributed by atoms with Crippen LogP contribution in [0.1, 0.15) is 70.2 Å². The van der Waals surface area contributed by atoms with Crippen molar-refractivity contribution < 1.29 is 29.4 Å². The van der Waals surface area contributed by atoms with Crippen LogP contribution < -0.4 is 10.6 Å². The third-order valence-corrected chi connectivity index (χ3v) is 11.2. The van der Waals surface area contributed by atoms with E-state index in [1.165, 1.54) is 7.05 Å². The highest BCUT2D eigenvalue weighted by Crippen LogP contribution is 2.30. The highest BCUT2D eigenvalue weighted by atomic mass is 16.4. The molecule has 12 heteroatoms. The Labute approximate surface area is 355 Å². The molecule has 2 heterocycles. The highest BCUT2D eigenvalue weighted by Gasteiger charge is 2.45. The second-order valence-electron chi connectivity index (χ2n) is 18.2. The number of nitrogens with one attached hydrogen (secondary N) is 2. The molecular formula is C48H62N6O6. The molecule has 5 amide bonds. The number of benzene rings is 3. The van der Waals surface area contributed by atoms with E-state index in [4.69, 9.17) is 0 Å². The minimum atomic E-state index is -1.24. The van der Waals surface area contributed by atoms with Crippen molar-refractivity contribution in [2.75, 3.05) is 20.1 Å². The predicted octanol–water partition coefficient (Wildman–Crippen LogP) is 6.94. The Bertz CT molecular complexity index is 2060. The first-order valence-electron chi connectivity index (χ1n) is 20.7. The third kappa shape index (κ3) is 11.7. The normalized spacial score (nSPS) is 15.8. The van der Waals surface area contributed by atoms with Gasteiger partial charge in [-0.15, -0.1) is 0 Å². The molecule has 60 heavy (non-hydrogen) atoms. The Hall–Kier alpha value is -5.75. The van der Waals surface area contributed by atoms with Crippen molar-refractivity contribution in [3.63, 3.8) is 0 Å². The standard InChI is InChI=1S/C48H62N6O6/c1-32-16-12-13-19-36(32)31-53-26-27-54(45(53)58)42(48(5,6)7)44(57)51-39(29-33-17-10-9-11-18-33)40(55)30-37(50-43(56)41(47(2,3)4)52(8)46(59)60)28-34-21-23-35(24-22-34)38-20-14-15-25-49-38/h9-25,37,39-42,55H,26-31H2,1-8H3,(H,50,56)(H,51,57)(H,59,60)/t37-,39-,40-,41+,42+/m0/s1. The van der Waals surface area contributed by atoms with Gasteiger partial charge in [-0.3, -0.25) is 19.5 Å². The van der Waals surface area contributed by atoms with Crippen molar-refractivity contribution in [1.82, 2.24) is 30.3 Å². The molecule has 12 nitrogen and oxygen atoms in total. The second-order valence-corrected chi connectivity index (χ2v) is 18.2. The zero-order valence-corrected chi connectivity index (χ0v) is 36.3. The van der Waals surface area contributed by atoms with Crippen LogP contribution in [-0.4, -0.2) is 104 Å². The van der Waals surface area contributed by atoms with Gasteiger partial charge in [-0.1, -0.05) is 126 Å². The molecule has 1 aromatic heterocycles. The number of likely N-dealkylation sites (N-methyl/N-ethyl adjacent to an activating group) is 1. The summed E-state index contributed by atoms with van der Waals surface area (Å²) in [6.07, 6.45) is -0.0372. The van der Waals surface area contributed by atoms with Crippen LogP contribution in [0.2, 0.25) is 0 Å². The van der Waals surface area contributed by atoms with Gasteiger partial charge >= 0.3 is 12.1 Å². The van der Waals surface area contributed by atoms with Crippen molar-refractivity contribution in [3.8, 4) is 11.3 Å². The lowest BCUT2D eigenvalue weighted by molar-refractivity contribution is -0.131. The van der Waals surface area contributed by atoms with E-state index < -0.39 is 53.1 Å². The minimum absolute atomic E-state index is 0.0339. The number of amides is 5. The van der Waals surface area contributed by atoms with Crippen LogP contribution in [0.4, 0.5) is 9.59 Å². The number of carboxylic acid groups (broad SMARTS) is 1. The largest absolute Gasteiger partial charge is 0.465 e. The lowest BCUT2D eigenvalue weighted by atomic mass is 9.84. The monoisotopic (exact) mass is 818 g/mol. The maximum absolute atomic E-state index is 14.6. The van der Waals surface area contributed by atoms with E-state index in [-0.39, 0.29) is 24.8 Å². The molecule has 0 radical (unpaired) electrons. The van der Waals surface area contributed by atoms with E-state index in [1.54, 1.807) is 36.8 Å². The summed E-state index contributed by atoms with van der Waals surface area (Å²) in [7, 11) is 1.38. The highest BCUT2D eigenvalue weighted by molar-refractivity contribution is 5.89. The number of aromatic nitrogens is 1. The third-order valence-electron chi connectivity index (χ3n) is 11.2. The van der Waals surface area contributed by atoms with Crippen molar-refractivity contribution >= 4 is 23.9 Å². The van der Waals surface area contributed by atoms with Gasteiger partial charge in [-0.25, -0.2) is 9.59 Å². The molecule has 0 bridgehead atoms. The van der Waals surface area contributed by atoms with Crippen LogP contribution in [0.25, 0.3) is 11.3 Å². The van der Waals surface area contributed by atoms with Crippen LogP contribution >= 0.6 is 0 Å². The van der Waals surface area contributed by atoms with Gasteiger partial charge in [0.15, 0.2) is 0 Å². The molecule has 1 fully saturated rings. The first-order chi connectivity index (χ1) is 28.3. The van der Waals surface area contributed by atoms with E-state index in [0.29, 0.717) is 26.1 Å². The number of hydrogen-bond donors (Lipinski definition) is 4. The number of hydrogen-bond acceptors (Lipinski definition) is 6. The molecule has 0 unspecified atom stereocenters. The second kappa shape index (κ2) is 19.5. The van der Waals surface area contributed by atoms with Crippen molar-refractivity contribution in [3.05, 3.63) is 126 Å². The van der Waals surface area contributed by atoms with E-state index >= 15 is 0 Å². The molecular weight excluding hydrogens is 757 g/mol. The fourth-order valence-electron chi connectivity index (χ4n) is 8.22. The molecule has 4 N–H and O–H groups in total. The molecule has 1 aliphatic heterocycles. The van der Waals surface area contributed by atoms with E-state index in [0.717, 1.165) is 38.4 Å². The number of nitrogens with zero attached hydrogens (tertiary/aromatic N) is 4. The molecule has 4 aromatic rings. The van der Waals surface area contributed by atoms with Gasteiger partial charge in [-0.2, -0.15) is 0 Å². The summed E-state index contributed by atoms with van der Waals surface area (Å²) in [4.78, 5) is 63.8. The molecule has 1 saturated heterocycles. The van der Waals surface area contributed by atoms with Gasteiger partial charge in [0.2, 0.25) is 11.8 Å². The Morgan fingerprint density at radius 3 is 2.02 bits per heavy atom. The van der Waals surface area contributed by atoms with E-state index in [2.05, 4.69) is 15.6 Å². The van der Waals surface area contributed by atoms with Gasteiger partial charge < -0.3 is 30.6 Å². The van der Waals surface area contributed by atoms with Crippen LogP contribution in [-0.2, 0) is 29.0 Å². The summed E-state index contributed by atoms with van der Waals surface area (Å²) >= 11 is 0. The number of aryl methyl sites for hydroxylation is 1. The van der Waals surface area contributed by atoms with Crippen molar-refractivity contribution in [2.45, 2.75) is 105 Å². The lowest BCUT2D eigenvalue weighted by Gasteiger charge is -2.38. The smallest absolute Gasteiger partial charge is 0.407 e. The fraction of sp³-hybridized carbons (Fsp3) is 0.438. The van der Waals surface area contributed by atoms with Crippen LogP contribution in [0, 0.1) is 17.8 Å². The van der Waals surface area contributed by atoms with E-state index in [9.17, 15) is 29.4 Å². The summed E-state index contributed by atoms with van der Waals surface area (Å²) in [5.74, 6) is -0.871.